The van der Waals surface area contributed by atoms with Crippen molar-refractivity contribution in [1.29, 1.82) is 0 Å². The van der Waals surface area contributed by atoms with Crippen molar-refractivity contribution in [2.75, 3.05) is 0 Å². The third-order valence-corrected chi connectivity index (χ3v) is 3.64. The molecule has 1 aromatic rings. The first-order chi connectivity index (χ1) is 8.66. The molecule has 1 atom stereocenters. The molecule has 18 heavy (non-hydrogen) atoms. The fourth-order valence-corrected chi connectivity index (χ4v) is 2.51. The van der Waals surface area contributed by atoms with E-state index in [1.807, 2.05) is 24.3 Å². The second-order valence-corrected chi connectivity index (χ2v) is 5.21. The van der Waals surface area contributed by atoms with E-state index >= 15 is 0 Å². The maximum Gasteiger partial charge on any atom is 0.316 e. The lowest BCUT2D eigenvalue weighted by Gasteiger charge is -2.30. The zero-order chi connectivity index (χ0) is 13.0. The molecule has 1 amide bonds. The van der Waals surface area contributed by atoms with Crippen molar-refractivity contribution < 1.29 is 4.79 Å². The topological polar surface area (TPSA) is 20.3 Å². The first kappa shape index (κ1) is 13.4. The molecule has 1 aromatic carbocycles. The summed E-state index contributed by atoms with van der Waals surface area (Å²) in [5.41, 5.74) is 1.04. The van der Waals surface area contributed by atoms with E-state index in [1.165, 1.54) is 0 Å². The quantitative estimate of drug-likeness (QED) is 0.451. The minimum Gasteiger partial charge on any atom is -0.322 e. The third kappa shape index (κ3) is 3.50. The number of carbonyl (C=O) groups excluding carboxylic acids is 1. The average molecular weight is 284 g/mol. The van der Waals surface area contributed by atoms with Gasteiger partial charge in [-0.05, 0) is 48.6 Å². The fraction of sp³-hybridized carbons (Fsp3) is 0.357. The van der Waals surface area contributed by atoms with Crippen LogP contribution < -0.4 is 0 Å². The largest absolute Gasteiger partial charge is 0.322 e. The van der Waals surface area contributed by atoms with E-state index in [4.69, 9.17) is 23.2 Å². The van der Waals surface area contributed by atoms with E-state index < -0.39 is 0 Å². The lowest BCUT2D eigenvalue weighted by Crippen LogP contribution is -2.37. The van der Waals surface area contributed by atoms with Gasteiger partial charge in [0.05, 0.1) is 0 Å². The number of allylic oxidation sites excluding steroid dienone is 1. The maximum absolute atomic E-state index is 11.6. The van der Waals surface area contributed by atoms with Crippen LogP contribution in [0.25, 0.3) is 0 Å². The van der Waals surface area contributed by atoms with Crippen molar-refractivity contribution >= 4 is 28.6 Å². The second-order valence-electron chi connectivity index (χ2n) is 4.45. The van der Waals surface area contributed by atoms with Crippen LogP contribution in [0.3, 0.4) is 0 Å². The smallest absolute Gasteiger partial charge is 0.316 e. The highest BCUT2D eigenvalue weighted by Crippen LogP contribution is 2.22. The third-order valence-electron chi connectivity index (χ3n) is 3.17. The Morgan fingerprint density at radius 2 is 2.00 bits per heavy atom. The summed E-state index contributed by atoms with van der Waals surface area (Å²) in [6.07, 6.45) is 7.12. The Kier molecular flexibility index (Phi) is 4.67. The molecule has 96 valence electrons. The van der Waals surface area contributed by atoms with Gasteiger partial charge in [0.2, 0.25) is 0 Å². The SMILES string of the molecule is O=C(Cl)N(Cc1ccc(Cl)cc1)C1CC=CCC1. The molecule has 1 aliphatic rings. The summed E-state index contributed by atoms with van der Waals surface area (Å²) in [5.74, 6) is 0. The van der Waals surface area contributed by atoms with E-state index in [0.29, 0.717) is 11.6 Å². The van der Waals surface area contributed by atoms with Crippen LogP contribution >= 0.6 is 23.2 Å². The van der Waals surface area contributed by atoms with Crippen LogP contribution in [-0.2, 0) is 6.54 Å². The van der Waals surface area contributed by atoms with Crippen LogP contribution in [0.2, 0.25) is 5.02 Å². The molecule has 0 aromatic heterocycles. The number of carbonyl (C=O) groups is 1. The number of benzene rings is 1. The van der Waals surface area contributed by atoms with Crippen molar-refractivity contribution in [3.05, 3.63) is 47.0 Å². The molecule has 0 heterocycles. The molecule has 0 aliphatic heterocycles. The first-order valence-electron chi connectivity index (χ1n) is 6.02. The zero-order valence-corrected chi connectivity index (χ0v) is 11.5. The number of amides is 1. The van der Waals surface area contributed by atoms with E-state index in [9.17, 15) is 4.79 Å². The summed E-state index contributed by atoms with van der Waals surface area (Å²) in [4.78, 5) is 13.3. The van der Waals surface area contributed by atoms with Gasteiger partial charge in [0.25, 0.3) is 0 Å². The van der Waals surface area contributed by atoms with E-state index in [2.05, 4.69) is 12.2 Å². The van der Waals surface area contributed by atoms with E-state index in [-0.39, 0.29) is 11.4 Å². The lowest BCUT2D eigenvalue weighted by molar-refractivity contribution is 0.188. The van der Waals surface area contributed by atoms with Gasteiger partial charge >= 0.3 is 5.37 Å². The van der Waals surface area contributed by atoms with Gasteiger partial charge in [-0.1, -0.05) is 35.9 Å². The summed E-state index contributed by atoms with van der Waals surface area (Å²) in [7, 11) is 0. The predicted molar refractivity (Wildman–Crippen MR) is 75.0 cm³/mol. The molecule has 1 unspecified atom stereocenters. The lowest BCUT2D eigenvalue weighted by atomic mass is 10.00. The Labute approximate surface area is 117 Å². The van der Waals surface area contributed by atoms with Crippen LogP contribution in [0.15, 0.2) is 36.4 Å². The Balaban J connectivity index is 2.08. The summed E-state index contributed by atoms with van der Waals surface area (Å²) in [6, 6.07) is 7.71. The Bertz CT molecular complexity index is 442. The van der Waals surface area contributed by atoms with E-state index in [1.54, 1.807) is 4.90 Å². The van der Waals surface area contributed by atoms with Gasteiger partial charge < -0.3 is 4.90 Å². The van der Waals surface area contributed by atoms with Crippen molar-refractivity contribution in [1.82, 2.24) is 4.90 Å². The van der Waals surface area contributed by atoms with Gasteiger partial charge in [-0.2, -0.15) is 0 Å². The molecule has 2 nitrogen and oxygen atoms in total. The fourth-order valence-electron chi connectivity index (χ4n) is 2.18. The highest BCUT2D eigenvalue weighted by molar-refractivity contribution is 6.62. The monoisotopic (exact) mass is 283 g/mol. The van der Waals surface area contributed by atoms with E-state index in [0.717, 1.165) is 24.8 Å². The van der Waals surface area contributed by atoms with Gasteiger partial charge in [-0.3, -0.25) is 4.79 Å². The summed E-state index contributed by atoms with van der Waals surface area (Å²) < 4.78 is 0. The number of nitrogens with zero attached hydrogens (tertiary/aromatic N) is 1. The Morgan fingerprint density at radius 1 is 1.28 bits per heavy atom. The normalized spacial score (nSPS) is 18.7. The zero-order valence-electron chi connectivity index (χ0n) is 9.98. The van der Waals surface area contributed by atoms with Crippen molar-refractivity contribution in [3.63, 3.8) is 0 Å². The van der Waals surface area contributed by atoms with Gasteiger partial charge in [-0.15, -0.1) is 0 Å². The molecule has 0 radical (unpaired) electrons. The molecule has 0 spiro atoms. The van der Waals surface area contributed by atoms with Crippen LogP contribution in [0, 0.1) is 0 Å². The molecule has 0 N–H and O–H groups in total. The molecular weight excluding hydrogens is 269 g/mol. The molecule has 1 aliphatic carbocycles. The molecular formula is C14H15Cl2NO. The van der Waals surface area contributed by atoms with Gasteiger partial charge in [0, 0.05) is 17.6 Å². The minimum absolute atomic E-state index is 0.204. The van der Waals surface area contributed by atoms with Crippen molar-refractivity contribution in [2.24, 2.45) is 0 Å². The molecule has 0 saturated heterocycles. The van der Waals surface area contributed by atoms with Gasteiger partial charge in [-0.25, -0.2) is 0 Å². The molecule has 0 saturated carbocycles. The van der Waals surface area contributed by atoms with Crippen LogP contribution in [0.1, 0.15) is 24.8 Å². The minimum atomic E-state index is -0.384. The second kappa shape index (κ2) is 6.26. The highest BCUT2D eigenvalue weighted by Gasteiger charge is 2.22. The van der Waals surface area contributed by atoms with Gasteiger partial charge in [0.1, 0.15) is 0 Å². The highest BCUT2D eigenvalue weighted by atomic mass is 35.5. The molecule has 0 fully saturated rings. The standard InChI is InChI=1S/C14H15Cl2NO/c15-12-8-6-11(7-9-12)10-17(14(16)18)13-4-2-1-3-5-13/h1-2,6-9,13H,3-5,10H2. The maximum atomic E-state index is 11.6. The van der Waals surface area contributed by atoms with Gasteiger partial charge in [0.15, 0.2) is 0 Å². The molecule has 2 rings (SSSR count). The van der Waals surface area contributed by atoms with Crippen molar-refractivity contribution in [2.45, 2.75) is 31.8 Å². The Morgan fingerprint density at radius 3 is 2.56 bits per heavy atom. The number of rotatable bonds is 3. The number of hydrogen-bond donors (Lipinski definition) is 0. The number of hydrogen-bond acceptors (Lipinski definition) is 1. The van der Waals surface area contributed by atoms with Crippen LogP contribution in [-0.4, -0.2) is 16.3 Å². The van der Waals surface area contributed by atoms with Crippen LogP contribution in [0.4, 0.5) is 4.79 Å². The Hall–Kier alpha value is -0.990. The first-order valence-corrected chi connectivity index (χ1v) is 6.78. The molecule has 4 heteroatoms. The summed E-state index contributed by atoms with van der Waals surface area (Å²) >= 11 is 11.5. The molecule has 0 bridgehead atoms. The predicted octanol–water partition coefficient (Wildman–Crippen LogP) is 4.61. The van der Waals surface area contributed by atoms with Crippen molar-refractivity contribution in [3.8, 4) is 0 Å². The summed E-state index contributed by atoms with van der Waals surface area (Å²) in [6.45, 7) is 0.540. The van der Waals surface area contributed by atoms with Crippen LogP contribution in [0.5, 0.6) is 0 Å². The number of halogens is 2. The summed E-state index contributed by atoms with van der Waals surface area (Å²) in [5, 5.41) is 0.313. The average Bonchev–Trinajstić information content (AvgIpc) is 2.38.